The molecule has 9 nitrogen and oxygen atoms in total. The molecule has 1 N–H and O–H groups in total. The quantitative estimate of drug-likeness (QED) is 0.674. The van der Waals surface area contributed by atoms with Crippen LogP contribution in [-0.2, 0) is 35.5 Å². The van der Waals surface area contributed by atoms with Gasteiger partial charge in [-0.05, 0) is 30.5 Å². The number of carbonyl (C=O) groups is 1. The van der Waals surface area contributed by atoms with Crippen molar-refractivity contribution in [2.45, 2.75) is 44.9 Å². The summed E-state index contributed by atoms with van der Waals surface area (Å²) in [6, 6.07) is 6.06. The zero-order valence-corrected chi connectivity index (χ0v) is 18.3. The Kier molecular flexibility index (Phi) is 7.03. The summed E-state index contributed by atoms with van der Waals surface area (Å²) in [7, 11) is 3.30. The molecular formula is C22H31N5O4. The first-order valence-corrected chi connectivity index (χ1v) is 10.9. The van der Waals surface area contributed by atoms with Gasteiger partial charge in [-0.3, -0.25) is 9.69 Å². The SMILES string of the molecule is COc1ccc(CN2CCc3nnc(CCNC(=O)C4CCCO4)n3CC2)cc1OC. The maximum absolute atomic E-state index is 12.1. The summed E-state index contributed by atoms with van der Waals surface area (Å²) in [4.78, 5) is 14.5. The van der Waals surface area contributed by atoms with Crippen LogP contribution in [0.2, 0.25) is 0 Å². The van der Waals surface area contributed by atoms with Gasteiger partial charge >= 0.3 is 0 Å². The number of methoxy groups -OCH3 is 2. The average molecular weight is 430 g/mol. The zero-order chi connectivity index (χ0) is 21.6. The van der Waals surface area contributed by atoms with Gasteiger partial charge in [-0.1, -0.05) is 6.07 Å². The Morgan fingerprint density at radius 3 is 2.84 bits per heavy atom. The Labute approximate surface area is 182 Å². The monoisotopic (exact) mass is 429 g/mol. The Hall–Kier alpha value is -2.65. The van der Waals surface area contributed by atoms with Gasteiger partial charge in [0.1, 0.15) is 17.8 Å². The van der Waals surface area contributed by atoms with E-state index in [0.29, 0.717) is 19.6 Å². The molecule has 1 aromatic carbocycles. The molecule has 1 atom stereocenters. The van der Waals surface area contributed by atoms with E-state index in [1.165, 1.54) is 5.56 Å². The van der Waals surface area contributed by atoms with Crippen LogP contribution in [0.15, 0.2) is 18.2 Å². The molecule has 1 unspecified atom stereocenters. The second-order valence-electron chi connectivity index (χ2n) is 7.94. The molecular weight excluding hydrogens is 398 g/mol. The summed E-state index contributed by atoms with van der Waals surface area (Å²) in [5.41, 5.74) is 1.19. The largest absolute Gasteiger partial charge is 0.493 e. The Balaban J connectivity index is 1.31. The van der Waals surface area contributed by atoms with Gasteiger partial charge in [-0.2, -0.15) is 0 Å². The number of benzene rings is 1. The van der Waals surface area contributed by atoms with E-state index in [0.717, 1.165) is 68.6 Å². The molecule has 0 saturated carbocycles. The van der Waals surface area contributed by atoms with Crippen molar-refractivity contribution in [3.63, 3.8) is 0 Å². The topological polar surface area (TPSA) is 90.7 Å². The van der Waals surface area contributed by atoms with Crippen LogP contribution in [0.1, 0.15) is 30.1 Å². The summed E-state index contributed by atoms with van der Waals surface area (Å²) in [5.74, 6) is 3.41. The van der Waals surface area contributed by atoms with Gasteiger partial charge in [0.15, 0.2) is 11.5 Å². The maximum atomic E-state index is 12.1. The Morgan fingerprint density at radius 2 is 2.06 bits per heavy atom. The van der Waals surface area contributed by atoms with Gasteiger partial charge in [-0.15, -0.1) is 10.2 Å². The summed E-state index contributed by atoms with van der Waals surface area (Å²) in [5, 5.41) is 11.7. The van der Waals surface area contributed by atoms with Crippen LogP contribution in [0.4, 0.5) is 0 Å². The van der Waals surface area contributed by atoms with Crippen molar-refractivity contribution in [2.24, 2.45) is 0 Å². The molecule has 3 heterocycles. The van der Waals surface area contributed by atoms with Gasteiger partial charge in [0.05, 0.1) is 14.2 Å². The maximum Gasteiger partial charge on any atom is 0.249 e. The van der Waals surface area contributed by atoms with E-state index < -0.39 is 0 Å². The van der Waals surface area contributed by atoms with E-state index in [1.807, 2.05) is 12.1 Å². The lowest BCUT2D eigenvalue weighted by atomic mass is 10.2. The Bertz CT molecular complexity index is 894. The molecule has 9 heteroatoms. The molecule has 2 aliphatic rings. The third-order valence-corrected chi connectivity index (χ3v) is 5.92. The fourth-order valence-electron chi connectivity index (χ4n) is 4.20. The second kappa shape index (κ2) is 10.1. The first-order valence-electron chi connectivity index (χ1n) is 10.9. The summed E-state index contributed by atoms with van der Waals surface area (Å²) < 4.78 is 18.4. The van der Waals surface area contributed by atoms with E-state index in [-0.39, 0.29) is 12.0 Å². The summed E-state index contributed by atoms with van der Waals surface area (Å²) in [6.45, 7) is 4.73. The van der Waals surface area contributed by atoms with Gasteiger partial charge < -0.3 is 24.1 Å². The minimum Gasteiger partial charge on any atom is -0.493 e. The normalized spacial score (nSPS) is 19.0. The molecule has 0 bridgehead atoms. The van der Waals surface area contributed by atoms with E-state index in [1.54, 1.807) is 14.2 Å². The standard InChI is InChI=1S/C22H31N5O4/c1-29-17-6-5-16(14-19(17)30-2)15-26-10-8-21-25-24-20(27(21)12-11-26)7-9-23-22(28)18-4-3-13-31-18/h5-6,14,18H,3-4,7-13,15H2,1-2H3,(H,23,28). The first kappa shape index (κ1) is 21.6. The van der Waals surface area contributed by atoms with Crippen LogP contribution < -0.4 is 14.8 Å². The highest BCUT2D eigenvalue weighted by molar-refractivity contribution is 5.80. The molecule has 4 rings (SSSR count). The Morgan fingerprint density at radius 1 is 1.19 bits per heavy atom. The van der Waals surface area contributed by atoms with E-state index in [2.05, 4.69) is 31.0 Å². The predicted molar refractivity (Wildman–Crippen MR) is 114 cm³/mol. The lowest BCUT2D eigenvalue weighted by molar-refractivity contribution is -0.130. The molecule has 0 radical (unpaired) electrons. The molecule has 1 fully saturated rings. The van der Waals surface area contributed by atoms with Gasteiger partial charge in [0.25, 0.3) is 0 Å². The number of nitrogens with one attached hydrogen (secondary N) is 1. The number of hydrogen-bond donors (Lipinski definition) is 1. The third-order valence-electron chi connectivity index (χ3n) is 5.92. The fraction of sp³-hybridized carbons (Fsp3) is 0.591. The number of nitrogens with zero attached hydrogens (tertiary/aromatic N) is 4. The van der Waals surface area contributed by atoms with E-state index in [9.17, 15) is 4.79 Å². The molecule has 0 aliphatic carbocycles. The van der Waals surface area contributed by atoms with Crippen molar-refractivity contribution < 1.29 is 19.0 Å². The molecule has 1 amide bonds. The van der Waals surface area contributed by atoms with Gasteiger partial charge in [0.2, 0.25) is 5.91 Å². The average Bonchev–Trinajstić information content (AvgIpc) is 3.42. The molecule has 1 saturated heterocycles. The van der Waals surface area contributed by atoms with Crippen molar-refractivity contribution in [1.29, 1.82) is 0 Å². The van der Waals surface area contributed by atoms with Gasteiger partial charge in [-0.25, -0.2) is 0 Å². The lowest BCUT2D eigenvalue weighted by Gasteiger charge is -2.20. The van der Waals surface area contributed by atoms with Crippen molar-refractivity contribution in [3.05, 3.63) is 35.4 Å². The van der Waals surface area contributed by atoms with Crippen LogP contribution >= 0.6 is 0 Å². The number of rotatable bonds is 8. The number of ether oxygens (including phenoxy) is 3. The highest BCUT2D eigenvalue weighted by atomic mass is 16.5. The highest BCUT2D eigenvalue weighted by Crippen LogP contribution is 2.28. The highest BCUT2D eigenvalue weighted by Gasteiger charge is 2.24. The van der Waals surface area contributed by atoms with Crippen LogP contribution in [-0.4, -0.2) is 72.1 Å². The number of aromatic nitrogens is 3. The smallest absolute Gasteiger partial charge is 0.249 e. The van der Waals surface area contributed by atoms with Crippen molar-refractivity contribution in [3.8, 4) is 11.5 Å². The van der Waals surface area contributed by atoms with Crippen LogP contribution in [0.3, 0.4) is 0 Å². The molecule has 31 heavy (non-hydrogen) atoms. The molecule has 168 valence electrons. The van der Waals surface area contributed by atoms with Gasteiger partial charge in [0, 0.05) is 52.2 Å². The number of carbonyl (C=O) groups excluding carboxylic acids is 1. The van der Waals surface area contributed by atoms with Crippen molar-refractivity contribution in [1.82, 2.24) is 25.0 Å². The van der Waals surface area contributed by atoms with Crippen LogP contribution in [0, 0.1) is 0 Å². The van der Waals surface area contributed by atoms with E-state index in [4.69, 9.17) is 14.2 Å². The fourth-order valence-corrected chi connectivity index (χ4v) is 4.20. The molecule has 2 aromatic rings. The van der Waals surface area contributed by atoms with Crippen molar-refractivity contribution >= 4 is 5.91 Å². The molecule has 1 aromatic heterocycles. The van der Waals surface area contributed by atoms with Crippen LogP contribution in [0.5, 0.6) is 11.5 Å². The van der Waals surface area contributed by atoms with Crippen LogP contribution in [0.25, 0.3) is 0 Å². The lowest BCUT2D eigenvalue weighted by Crippen LogP contribution is -2.35. The van der Waals surface area contributed by atoms with E-state index >= 15 is 0 Å². The second-order valence-corrected chi connectivity index (χ2v) is 7.94. The minimum absolute atomic E-state index is 0.0193. The third kappa shape index (κ3) is 5.16. The summed E-state index contributed by atoms with van der Waals surface area (Å²) in [6.07, 6.45) is 2.99. The molecule has 2 aliphatic heterocycles. The number of hydrogen-bond acceptors (Lipinski definition) is 7. The summed E-state index contributed by atoms with van der Waals surface area (Å²) >= 11 is 0. The predicted octanol–water partition coefficient (Wildman–Crippen LogP) is 1.19. The van der Waals surface area contributed by atoms with Crippen molar-refractivity contribution in [2.75, 3.05) is 40.5 Å². The number of amides is 1. The first-order chi connectivity index (χ1) is 15.2. The molecule has 0 spiro atoms. The minimum atomic E-state index is -0.291. The zero-order valence-electron chi connectivity index (χ0n) is 18.3. The number of fused-ring (bicyclic) bond motifs is 1.